The predicted octanol–water partition coefficient (Wildman–Crippen LogP) is 3.72. The molecule has 2 aliphatic rings. The third-order valence-electron chi connectivity index (χ3n) is 4.17. The highest BCUT2D eigenvalue weighted by Crippen LogP contribution is 2.41. The number of hydrogen-bond donors (Lipinski definition) is 0. The molecule has 1 aromatic heterocycles. The first kappa shape index (κ1) is 13.6. The smallest absolute Gasteiger partial charge is 0.394 e. The van der Waals surface area contributed by atoms with Crippen molar-refractivity contribution in [3.63, 3.8) is 0 Å². The molecule has 1 aromatic rings. The number of alkyl halides is 1. The summed E-state index contributed by atoms with van der Waals surface area (Å²) in [6, 6.07) is 1.80. The Kier molecular flexibility index (Phi) is 2.77. The van der Waals surface area contributed by atoms with E-state index in [1.165, 1.54) is 0 Å². The Hall–Kier alpha value is -1.36. The van der Waals surface area contributed by atoms with Crippen LogP contribution in [0.3, 0.4) is 0 Å². The molecular weight excluding hydrogens is 280 g/mol. The van der Waals surface area contributed by atoms with Crippen molar-refractivity contribution in [2.45, 2.75) is 27.7 Å². The van der Waals surface area contributed by atoms with Crippen LogP contribution in [-0.4, -0.2) is 27.5 Å². The molecule has 0 spiro atoms. The van der Waals surface area contributed by atoms with Gasteiger partial charge in [0.25, 0.3) is 0 Å². The second-order valence-electron chi connectivity index (χ2n) is 5.58. The lowest BCUT2D eigenvalue weighted by molar-refractivity contribution is -0.363. The van der Waals surface area contributed by atoms with E-state index in [4.69, 9.17) is 11.6 Å². The molecule has 0 bridgehead atoms. The molecule has 20 heavy (non-hydrogen) atoms. The Morgan fingerprint density at radius 1 is 1.25 bits per heavy atom. The molecule has 0 saturated carbocycles. The van der Waals surface area contributed by atoms with Crippen molar-refractivity contribution in [3.05, 3.63) is 40.4 Å². The van der Waals surface area contributed by atoms with E-state index >= 15 is 0 Å². The average Bonchev–Trinajstić information content (AvgIpc) is 2.79. The summed E-state index contributed by atoms with van der Waals surface area (Å²) in [5.41, 5.74) is 4.79. The Labute approximate surface area is 122 Å². The van der Waals surface area contributed by atoms with E-state index < -0.39 is 6.97 Å². The van der Waals surface area contributed by atoms with Gasteiger partial charge in [0.05, 0.1) is 11.5 Å². The topological polar surface area (TPSA) is 7.94 Å². The molecule has 0 fully saturated rings. The Bertz CT molecular complexity index is 726. The minimum atomic E-state index is -3.86. The van der Waals surface area contributed by atoms with Gasteiger partial charge in [0.15, 0.2) is 5.70 Å². The quantitative estimate of drug-likeness (QED) is 0.551. The number of nitrogens with zero attached hydrogens (tertiary/aromatic N) is 2. The minimum Gasteiger partial charge on any atom is -0.394 e. The monoisotopic (exact) mass is 296 g/mol. The lowest BCUT2D eigenvalue weighted by Crippen LogP contribution is -2.51. The molecule has 0 atom stereocenters. The van der Waals surface area contributed by atoms with E-state index in [1.54, 1.807) is 26.0 Å². The van der Waals surface area contributed by atoms with Gasteiger partial charge in [-0.1, -0.05) is 0 Å². The van der Waals surface area contributed by atoms with E-state index in [1.807, 2.05) is 13.8 Å². The van der Waals surface area contributed by atoms with E-state index in [2.05, 4.69) is 0 Å². The van der Waals surface area contributed by atoms with Crippen LogP contribution in [0, 0.1) is 13.8 Å². The molecule has 0 radical (unpaired) electrons. The van der Waals surface area contributed by atoms with Gasteiger partial charge >= 0.3 is 6.97 Å². The first-order valence-corrected chi connectivity index (χ1v) is 7.16. The van der Waals surface area contributed by atoms with Crippen molar-refractivity contribution in [2.24, 2.45) is 0 Å². The molecule has 0 saturated heterocycles. The lowest BCUT2D eigenvalue weighted by atomic mass is 9.86. The SMILES string of the molecule is CC1=CC(C)=[N+]2C1=C(CCl)c1c(C)cc(C)n1[B-]2(F)F. The van der Waals surface area contributed by atoms with E-state index in [0.717, 1.165) is 25.7 Å². The van der Waals surface area contributed by atoms with Crippen LogP contribution in [0.2, 0.25) is 0 Å². The fourth-order valence-corrected chi connectivity index (χ4v) is 3.81. The van der Waals surface area contributed by atoms with Crippen molar-refractivity contribution in [1.29, 1.82) is 0 Å². The zero-order valence-corrected chi connectivity index (χ0v) is 12.7. The van der Waals surface area contributed by atoms with Gasteiger partial charge in [-0.15, -0.1) is 11.6 Å². The number of hydrogen-bond acceptors (Lipinski definition) is 0. The number of aromatic nitrogens is 1. The Morgan fingerprint density at radius 2 is 1.90 bits per heavy atom. The van der Waals surface area contributed by atoms with Crippen LogP contribution in [-0.2, 0) is 0 Å². The fourth-order valence-electron chi connectivity index (χ4n) is 3.56. The Balaban J connectivity index is 2.48. The molecule has 0 aromatic carbocycles. The van der Waals surface area contributed by atoms with Gasteiger partial charge in [-0.2, -0.15) is 0 Å². The molecular formula is C14H16BClF2N2. The first-order valence-electron chi connectivity index (χ1n) is 6.62. The maximum atomic E-state index is 15.0. The van der Waals surface area contributed by atoms with Crippen LogP contribution < -0.4 is 0 Å². The van der Waals surface area contributed by atoms with E-state index in [-0.39, 0.29) is 5.88 Å². The van der Waals surface area contributed by atoms with Crippen molar-refractivity contribution in [2.75, 3.05) is 5.88 Å². The molecule has 0 aliphatic carbocycles. The zero-order valence-electron chi connectivity index (χ0n) is 12.0. The average molecular weight is 297 g/mol. The third-order valence-corrected chi connectivity index (χ3v) is 4.43. The predicted molar refractivity (Wildman–Crippen MR) is 79.6 cm³/mol. The van der Waals surface area contributed by atoms with Crippen LogP contribution in [0.4, 0.5) is 8.63 Å². The van der Waals surface area contributed by atoms with Gasteiger partial charge in [0.2, 0.25) is 0 Å². The van der Waals surface area contributed by atoms with Crippen LogP contribution >= 0.6 is 11.6 Å². The summed E-state index contributed by atoms with van der Waals surface area (Å²) in [7, 11) is 0. The molecule has 106 valence electrons. The van der Waals surface area contributed by atoms with Gasteiger partial charge in [0, 0.05) is 24.3 Å². The van der Waals surface area contributed by atoms with Gasteiger partial charge in [-0.05, 0) is 38.1 Å². The minimum absolute atomic E-state index is 0.223. The summed E-state index contributed by atoms with van der Waals surface area (Å²) in [6.45, 7) is 3.30. The molecule has 2 aliphatic heterocycles. The molecule has 2 nitrogen and oxygen atoms in total. The number of rotatable bonds is 1. The molecule has 0 N–H and O–H groups in total. The van der Waals surface area contributed by atoms with Crippen molar-refractivity contribution < 1.29 is 13.1 Å². The zero-order chi connectivity index (χ0) is 14.8. The molecule has 6 heteroatoms. The maximum absolute atomic E-state index is 15.0. The highest BCUT2D eigenvalue weighted by Gasteiger charge is 2.54. The van der Waals surface area contributed by atoms with E-state index in [9.17, 15) is 8.63 Å². The first-order chi connectivity index (χ1) is 9.30. The Morgan fingerprint density at radius 3 is 2.50 bits per heavy atom. The standard InChI is InChI=1S/C14H16BClF2N2/c1-8-5-10(3)19-13(8)12(7-16)14-9(2)6-11(4)20(14)15(19,17)18/h5-6H,7H2,1-4H3. The largest absolute Gasteiger partial charge is 0.737 e. The van der Waals surface area contributed by atoms with Crippen LogP contribution in [0.25, 0.3) is 5.57 Å². The number of fused-ring (bicyclic) bond motifs is 2. The normalized spacial score (nSPS) is 20.2. The van der Waals surface area contributed by atoms with Gasteiger partial charge in [0.1, 0.15) is 5.71 Å². The van der Waals surface area contributed by atoms with Crippen molar-refractivity contribution >= 4 is 29.9 Å². The summed E-state index contributed by atoms with van der Waals surface area (Å²) in [4.78, 5) is 0. The summed E-state index contributed by atoms with van der Waals surface area (Å²) in [5, 5.41) is 0. The number of aryl methyl sites for hydroxylation is 2. The maximum Gasteiger partial charge on any atom is 0.737 e. The number of halogens is 3. The fraction of sp³-hybridized carbons (Fsp3) is 0.357. The van der Waals surface area contributed by atoms with Crippen molar-refractivity contribution in [1.82, 2.24) is 4.48 Å². The van der Waals surface area contributed by atoms with Gasteiger partial charge < -0.3 is 17.6 Å². The van der Waals surface area contributed by atoms with E-state index in [0.29, 0.717) is 22.8 Å². The molecule has 3 rings (SSSR count). The highest BCUT2D eigenvalue weighted by atomic mass is 35.5. The summed E-state index contributed by atoms with van der Waals surface area (Å²) >= 11 is 6.09. The third kappa shape index (κ3) is 1.47. The van der Waals surface area contributed by atoms with Gasteiger partial charge in [-0.3, -0.25) is 0 Å². The van der Waals surface area contributed by atoms with Crippen LogP contribution in [0.1, 0.15) is 30.8 Å². The molecule has 0 amide bonds. The van der Waals surface area contributed by atoms with Crippen molar-refractivity contribution in [3.8, 4) is 0 Å². The highest BCUT2D eigenvalue weighted by molar-refractivity contribution is 6.58. The lowest BCUT2D eigenvalue weighted by Gasteiger charge is -2.33. The second kappa shape index (κ2) is 4.07. The van der Waals surface area contributed by atoms with Crippen LogP contribution in [0.15, 0.2) is 23.4 Å². The van der Waals surface area contributed by atoms with Crippen LogP contribution in [0.5, 0.6) is 0 Å². The summed E-state index contributed by atoms with van der Waals surface area (Å²) in [5.74, 6) is 0.223. The van der Waals surface area contributed by atoms with Gasteiger partial charge in [-0.25, -0.2) is 0 Å². The molecule has 0 unspecified atom stereocenters. The summed E-state index contributed by atoms with van der Waals surface area (Å²) in [6.07, 6.45) is 1.80. The molecule has 3 heterocycles. The second-order valence-corrected chi connectivity index (χ2v) is 5.84. The summed E-state index contributed by atoms with van der Waals surface area (Å²) < 4.78 is 32.3. The number of allylic oxidation sites excluding steroid dienone is 3.